The zero-order valence-corrected chi connectivity index (χ0v) is 8.78. The number of nitrogens with zero attached hydrogens (tertiary/aromatic N) is 1. The monoisotopic (exact) mass is 221 g/mol. The van der Waals surface area contributed by atoms with Crippen molar-refractivity contribution in [2.24, 2.45) is 0 Å². The third kappa shape index (κ3) is 2.07. The molecule has 0 amide bonds. The number of benzene rings is 1. The number of carbonyl (C=O) groups excluding carboxylic acids is 1. The Morgan fingerprint density at radius 1 is 1.33 bits per heavy atom. The quantitative estimate of drug-likeness (QED) is 0.732. The lowest BCUT2D eigenvalue weighted by atomic mass is 10.1. The Kier molecular flexibility index (Phi) is 2.56. The van der Waals surface area contributed by atoms with Gasteiger partial charge in [0.25, 0.3) is 0 Å². The lowest BCUT2D eigenvalue weighted by molar-refractivity contribution is 0.0978. The van der Waals surface area contributed by atoms with Crippen LogP contribution in [-0.2, 0) is 0 Å². The molecule has 0 fully saturated rings. The van der Waals surface area contributed by atoms with Crippen molar-refractivity contribution >= 4 is 17.4 Å². The molecule has 76 valence electrons. The van der Waals surface area contributed by atoms with Gasteiger partial charge in [-0.05, 0) is 12.1 Å². The summed E-state index contributed by atoms with van der Waals surface area (Å²) in [7, 11) is 0. The molecule has 0 saturated carbocycles. The van der Waals surface area contributed by atoms with Crippen molar-refractivity contribution in [1.82, 2.24) is 5.16 Å². The Balaban J connectivity index is 2.37. The predicted molar refractivity (Wildman–Crippen MR) is 57.0 cm³/mol. The van der Waals surface area contributed by atoms with E-state index in [0.29, 0.717) is 10.7 Å². The van der Waals surface area contributed by atoms with E-state index in [-0.39, 0.29) is 11.5 Å². The van der Waals surface area contributed by atoms with Crippen LogP contribution in [0.3, 0.4) is 0 Å². The first-order valence-corrected chi connectivity index (χ1v) is 4.78. The highest BCUT2D eigenvalue weighted by atomic mass is 35.5. The normalized spacial score (nSPS) is 10.3. The average Bonchev–Trinajstić information content (AvgIpc) is 2.68. The Morgan fingerprint density at radius 3 is 2.53 bits per heavy atom. The highest BCUT2D eigenvalue weighted by Crippen LogP contribution is 2.21. The fourth-order valence-corrected chi connectivity index (χ4v) is 1.32. The highest BCUT2D eigenvalue weighted by Gasteiger charge is 2.09. The smallest absolute Gasteiger partial charge is 0.202 e. The third-order valence-corrected chi connectivity index (χ3v) is 2.25. The lowest BCUT2D eigenvalue weighted by Crippen LogP contribution is -1.86. The molecule has 3 nitrogen and oxygen atoms in total. The summed E-state index contributed by atoms with van der Waals surface area (Å²) in [5, 5.41) is 4.46. The summed E-state index contributed by atoms with van der Waals surface area (Å²) >= 11 is 5.76. The first kappa shape index (κ1) is 9.93. The van der Waals surface area contributed by atoms with Crippen LogP contribution in [0.5, 0.6) is 0 Å². The number of rotatable bonds is 2. The highest BCUT2D eigenvalue weighted by molar-refractivity contribution is 6.30. The topological polar surface area (TPSA) is 43.1 Å². The maximum Gasteiger partial charge on any atom is 0.202 e. The van der Waals surface area contributed by atoms with Gasteiger partial charge in [-0.1, -0.05) is 28.9 Å². The van der Waals surface area contributed by atoms with Crippen molar-refractivity contribution < 1.29 is 9.32 Å². The minimum Gasteiger partial charge on any atom is -0.353 e. The number of Topliss-reactive ketones (excluding diaryl/α,β-unsaturated/α-hetero) is 1. The molecular formula is C11H8ClNO2. The Labute approximate surface area is 91.6 Å². The molecular weight excluding hydrogens is 214 g/mol. The fourth-order valence-electron chi connectivity index (χ4n) is 1.20. The molecule has 1 heterocycles. The Morgan fingerprint density at radius 2 is 2.00 bits per heavy atom. The SMILES string of the molecule is CC(=O)c1cc(-c2ccc(Cl)cc2)no1. The molecule has 1 aromatic heterocycles. The molecule has 0 spiro atoms. The summed E-state index contributed by atoms with van der Waals surface area (Å²) in [5.74, 6) is 0.127. The second-order valence-electron chi connectivity index (χ2n) is 3.14. The van der Waals surface area contributed by atoms with Crippen molar-refractivity contribution in [1.29, 1.82) is 0 Å². The summed E-state index contributed by atoms with van der Waals surface area (Å²) in [6.45, 7) is 1.44. The number of aromatic nitrogens is 1. The molecule has 1 aromatic carbocycles. The van der Waals surface area contributed by atoms with E-state index >= 15 is 0 Å². The lowest BCUT2D eigenvalue weighted by Gasteiger charge is -1.93. The van der Waals surface area contributed by atoms with E-state index in [1.54, 1.807) is 18.2 Å². The van der Waals surface area contributed by atoms with E-state index in [2.05, 4.69) is 5.16 Å². The minimum absolute atomic E-state index is 0.136. The van der Waals surface area contributed by atoms with Gasteiger partial charge in [-0.2, -0.15) is 0 Å². The maximum absolute atomic E-state index is 11.0. The number of hydrogen-bond donors (Lipinski definition) is 0. The van der Waals surface area contributed by atoms with Gasteiger partial charge in [0, 0.05) is 23.6 Å². The maximum atomic E-state index is 11.0. The van der Waals surface area contributed by atoms with Crippen LogP contribution >= 0.6 is 11.6 Å². The number of ketones is 1. The second kappa shape index (κ2) is 3.87. The molecule has 0 N–H and O–H groups in total. The minimum atomic E-state index is -0.136. The number of hydrogen-bond acceptors (Lipinski definition) is 3. The van der Waals surface area contributed by atoms with Crippen molar-refractivity contribution in [3.8, 4) is 11.3 Å². The van der Waals surface area contributed by atoms with Crippen LogP contribution in [0.25, 0.3) is 11.3 Å². The van der Waals surface area contributed by atoms with Crippen molar-refractivity contribution in [3.63, 3.8) is 0 Å². The van der Waals surface area contributed by atoms with E-state index < -0.39 is 0 Å². The van der Waals surface area contributed by atoms with Crippen LogP contribution in [0, 0.1) is 0 Å². The van der Waals surface area contributed by atoms with E-state index in [1.165, 1.54) is 6.92 Å². The molecule has 0 radical (unpaired) electrons. The molecule has 0 aliphatic carbocycles. The van der Waals surface area contributed by atoms with Gasteiger partial charge in [0.15, 0.2) is 5.78 Å². The first-order chi connectivity index (χ1) is 7.16. The summed E-state index contributed by atoms with van der Waals surface area (Å²) in [5.41, 5.74) is 1.51. The standard InChI is InChI=1S/C11H8ClNO2/c1-7(14)11-6-10(13-15-11)8-2-4-9(12)5-3-8/h2-6H,1H3. The van der Waals surface area contributed by atoms with Gasteiger partial charge in [-0.3, -0.25) is 4.79 Å². The van der Waals surface area contributed by atoms with E-state index in [1.807, 2.05) is 12.1 Å². The molecule has 0 saturated heterocycles. The van der Waals surface area contributed by atoms with Gasteiger partial charge in [-0.15, -0.1) is 0 Å². The molecule has 15 heavy (non-hydrogen) atoms. The summed E-state index contributed by atoms with van der Waals surface area (Å²) in [4.78, 5) is 11.0. The van der Waals surface area contributed by atoms with Crippen LogP contribution in [0.15, 0.2) is 34.9 Å². The molecule has 0 atom stereocenters. The summed E-state index contributed by atoms with van der Waals surface area (Å²) in [6, 6.07) is 8.79. The van der Waals surface area contributed by atoms with E-state index in [9.17, 15) is 4.79 Å². The van der Waals surface area contributed by atoms with Crippen LogP contribution in [0.1, 0.15) is 17.5 Å². The van der Waals surface area contributed by atoms with Crippen molar-refractivity contribution in [2.45, 2.75) is 6.92 Å². The molecule has 2 aromatic rings. The van der Waals surface area contributed by atoms with Crippen LogP contribution < -0.4 is 0 Å². The largest absolute Gasteiger partial charge is 0.353 e. The zero-order chi connectivity index (χ0) is 10.8. The Hall–Kier alpha value is -1.61. The van der Waals surface area contributed by atoms with Crippen molar-refractivity contribution in [3.05, 3.63) is 41.1 Å². The van der Waals surface area contributed by atoms with Gasteiger partial charge in [0.2, 0.25) is 5.76 Å². The second-order valence-corrected chi connectivity index (χ2v) is 3.58. The first-order valence-electron chi connectivity index (χ1n) is 4.40. The van der Waals surface area contributed by atoms with Gasteiger partial charge < -0.3 is 4.52 Å². The molecule has 0 aliphatic heterocycles. The predicted octanol–water partition coefficient (Wildman–Crippen LogP) is 3.20. The van der Waals surface area contributed by atoms with Gasteiger partial charge in [-0.25, -0.2) is 0 Å². The summed E-state index contributed by atoms with van der Waals surface area (Å²) < 4.78 is 4.88. The van der Waals surface area contributed by atoms with Gasteiger partial charge in [0.05, 0.1) is 0 Å². The third-order valence-electron chi connectivity index (χ3n) is 2.00. The van der Waals surface area contributed by atoms with Crippen molar-refractivity contribution in [2.75, 3.05) is 0 Å². The molecule has 0 aliphatic rings. The average molecular weight is 222 g/mol. The number of halogens is 1. The molecule has 2 rings (SSSR count). The fraction of sp³-hybridized carbons (Fsp3) is 0.0909. The van der Waals surface area contributed by atoms with Gasteiger partial charge >= 0.3 is 0 Å². The molecule has 0 unspecified atom stereocenters. The molecule has 0 bridgehead atoms. The van der Waals surface area contributed by atoms with Gasteiger partial charge in [0.1, 0.15) is 5.69 Å². The Bertz CT molecular complexity index is 488. The zero-order valence-electron chi connectivity index (χ0n) is 8.03. The van der Waals surface area contributed by atoms with E-state index in [0.717, 1.165) is 5.56 Å². The summed E-state index contributed by atoms with van der Waals surface area (Å²) in [6.07, 6.45) is 0. The van der Waals surface area contributed by atoms with Crippen LogP contribution in [0.4, 0.5) is 0 Å². The van der Waals surface area contributed by atoms with Crippen LogP contribution in [0.2, 0.25) is 5.02 Å². The molecule has 4 heteroatoms. The van der Waals surface area contributed by atoms with Crippen LogP contribution in [-0.4, -0.2) is 10.9 Å². The van der Waals surface area contributed by atoms with E-state index in [4.69, 9.17) is 16.1 Å². The number of carbonyl (C=O) groups is 1.